The van der Waals surface area contributed by atoms with Crippen molar-refractivity contribution in [2.45, 2.75) is 23.9 Å². The zero-order chi connectivity index (χ0) is 22.5. The summed E-state index contributed by atoms with van der Waals surface area (Å²) in [4.78, 5) is 13.8. The van der Waals surface area contributed by atoms with Gasteiger partial charge in [0.15, 0.2) is 6.61 Å². The average molecular weight is 456 g/mol. The van der Waals surface area contributed by atoms with Crippen LogP contribution in [0.15, 0.2) is 59.5 Å². The van der Waals surface area contributed by atoms with Gasteiger partial charge in [-0.2, -0.15) is 13.2 Å². The number of alkyl halides is 3. The minimum Gasteiger partial charge on any atom is -0.484 e. The van der Waals surface area contributed by atoms with Crippen LogP contribution in [0.2, 0.25) is 0 Å². The van der Waals surface area contributed by atoms with E-state index in [4.69, 9.17) is 4.74 Å². The largest absolute Gasteiger partial charge is 0.484 e. The molecule has 31 heavy (non-hydrogen) atoms. The fourth-order valence-electron chi connectivity index (χ4n) is 3.27. The van der Waals surface area contributed by atoms with Gasteiger partial charge in [-0.1, -0.05) is 18.2 Å². The Morgan fingerprint density at radius 3 is 2.23 bits per heavy atom. The number of carbonyl (C=O) groups excluding carboxylic acids is 1. The highest BCUT2D eigenvalue weighted by Crippen LogP contribution is 2.29. The highest BCUT2D eigenvalue weighted by molar-refractivity contribution is 7.89. The van der Waals surface area contributed by atoms with Crippen LogP contribution in [-0.4, -0.2) is 45.5 Å². The van der Waals surface area contributed by atoms with E-state index >= 15 is 0 Å². The number of ether oxygens (including phenoxy) is 1. The van der Waals surface area contributed by atoms with Gasteiger partial charge >= 0.3 is 6.18 Å². The van der Waals surface area contributed by atoms with Crippen LogP contribution in [0.3, 0.4) is 0 Å². The van der Waals surface area contributed by atoms with Crippen molar-refractivity contribution < 1.29 is 31.1 Å². The van der Waals surface area contributed by atoms with Crippen molar-refractivity contribution in [3.8, 4) is 5.75 Å². The molecule has 0 spiro atoms. The summed E-state index contributed by atoms with van der Waals surface area (Å²) in [6, 6.07) is 12.4. The maximum atomic E-state index is 12.6. The first kappa shape index (κ1) is 23.1. The predicted octanol–water partition coefficient (Wildman–Crippen LogP) is 3.30. The molecule has 0 bridgehead atoms. The second-order valence-corrected chi connectivity index (χ2v) is 9.07. The molecule has 1 aliphatic heterocycles. The number of benzene rings is 2. The van der Waals surface area contributed by atoms with Gasteiger partial charge < -0.3 is 9.64 Å². The molecular formula is C21H23F3N2O4S. The number of amides is 1. The summed E-state index contributed by atoms with van der Waals surface area (Å²) < 4.78 is 70.5. The van der Waals surface area contributed by atoms with Gasteiger partial charge in [-0.05, 0) is 55.2 Å². The summed E-state index contributed by atoms with van der Waals surface area (Å²) in [5.41, 5.74) is -0.903. The minimum absolute atomic E-state index is 0.0308. The quantitative estimate of drug-likeness (QED) is 0.694. The molecule has 0 aromatic heterocycles. The lowest BCUT2D eigenvalue weighted by Gasteiger charge is -2.32. The molecule has 0 unspecified atom stereocenters. The number of para-hydroxylation sites is 1. The topological polar surface area (TPSA) is 75.7 Å². The Morgan fingerprint density at radius 1 is 1.03 bits per heavy atom. The lowest BCUT2D eigenvalue weighted by Crippen LogP contribution is -2.43. The Bertz CT molecular complexity index is 972. The van der Waals surface area contributed by atoms with Crippen molar-refractivity contribution in [3.63, 3.8) is 0 Å². The van der Waals surface area contributed by atoms with Crippen LogP contribution < -0.4 is 9.46 Å². The Hall–Kier alpha value is -2.59. The van der Waals surface area contributed by atoms with Crippen LogP contribution in [0.1, 0.15) is 18.4 Å². The molecule has 1 fully saturated rings. The summed E-state index contributed by atoms with van der Waals surface area (Å²) in [6.07, 6.45) is -3.29. The van der Waals surface area contributed by atoms with Crippen LogP contribution in [0.4, 0.5) is 13.2 Å². The van der Waals surface area contributed by atoms with Gasteiger partial charge in [0, 0.05) is 19.6 Å². The highest BCUT2D eigenvalue weighted by Gasteiger charge is 2.31. The molecule has 1 aliphatic rings. The Kier molecular flexibility index (Phi) is 7.22. The summed E-state index contributed by atoms with van der Waals surface area (Å²) in [7, 11) is -3.91. The predicted molar refractivity (Wildman–Crippen MR) is 108 cm³/mol. The van der Waals surface area contributed by atoms with Crippen molar-refractivity contribution in [3.05, 3.63) is 60.2 Å². The van der Waals surface area contributed by atoms with Crippen molar-refractivity contribution in [2.24, 2.45) is 5.92 Å². The van der Waals surface area contributed by atoms with Crippen LogP contribution in [0.5, 0.6) is 5.75 Å². The second-order valence-electron chi connectivity index (χ2n) is 7.30. The Morgan fingerprint density at radius 2 is 1.65 bits per heavy atom. The number of sulfonamides is 1. The van der Waals surface area contributed by atoms with Crippen molar-refractivity contribution in [2.75, 3.05) is 26.2 Å². The van der Waals surface area contributed by atoms with Crippen molar-refractivity contribution in [1.82, 2.24) is 9.62 Å². The van der Waals surface area contributed by atoms with Gasteiger partial charge in [-0.25, -0.2) is 13.1 Å². The number of hydrogen-bond acceptors (Lipinski definition) is 4. The third-order valence-electron chi connectivity index (χ3n) is 5.13. The van der Waals surface area contributed by atoms with Crippen molar-refractivity contribution in [1.29, 1.82) is 0 Å². The molecule has 168 valence electrons. The van der Waals surface area contributed by atoms with E-state index in [0.29, 0.717) is 31.7 Å². The molecule has 6 nitrogen and oxygen atoms in total. The van der Waals surface area contributed by atoms with Crippen LogP contribution >= 0.6 is 0 Å². The number of nitrogens with zero attached hydrogens (tertiary/aromatic N) is 1. The molecule has 0 atom stereocenters. The third kappa shape index (κ3) is 6.44. The van der Waals surface area contributed by atoms with E-state index in [-0.39, 0.29) is 29.9 Å². The molecule has 0 saturated carbocycles. The van der Waals surface area contributed by atoms with E-state index in [1.807, 2.05) is 18.2 Å². The van der Waals surface area contributed by atoms with Crippen LogP contribution in [-0.2, 0) is 21.0 Å². The van der Waals surface area contributed by atoms with Gasteiger partial charge in [-0.3, -0.25) is 4.79 Å². The van der Waals surface area contributed by atoms with Gasteiger partial charge in [0.05, 0.1) is 10.5 Å². The van der Waals surface area contributed by atoms with Gasteiger partial charge in [0.1, 0.15) is 5.75 Å². The normalized spacial score (nSPS) is 15.6. The zero-order valence-corrected chi connectivity index (χ0v) is 17.5. The molecule has 3 rings (SSSR count). The molecule has 1 saturated heterocycles. The van der Waals surface area contributed by atoms with E-state index in [1.165, 1.54) is 0 Å². The molecule has 1 amide bonds. The number of likely N-dealkylation sites (tertiary alicyclic amines) is 1. The zero-order valence-electron chi connectivity index (χ0n) is 16.6. The summed E-state index contributed by atoms with van der Waals surface area (Å²) in [5.74, 6) is 0.513. The van der Waals surface area contributed by atoms with E-state index in [9.17, 15) is 26.4 Å². The highest BCUT2D eigenvalue weighted by atomic mass is 32.2. The van der Waals surface area contributed by atoms with Gasteiger partial charge in [0.2, 0.25) is 10.0 Å². The number of nitrogens with one attached hydrogen (secondary N) is 1. The average Bonchev–Trinajstić information content (AvgIpc) is 2.77. The van der Waals surface area contributed by atoms with Gasteiger partial charge in [0.25, 0.3) is 5.91 Å². The van der Waals surface area contributed by atoms with Crippen LogP contribution in [0, 0.1) is 5.92 Å². The summed E-state index contributed by atoms with van der Waals surface area (Å²) in [5, 5.41) is 0. The molecule has 1 heterocycles. The molecule has 1 N–H and O–H groups in total. The smallest absolute Gasteiger partial charge is 0.416 e. The Balaban J connectivity index is 1.44. The molecule has 0 aliphatic carbocycles. The van der Waals surface area contributed by atoms with E-state index in [0.717, 1.165) is 24.3 Å². The standard InChI is InChI=1S/C21H23F3N2O4S/c22-21(23,24)17-6-8-19(9-7-17)31(28,29)25-14-16-10-12-26(13-11-16)20(27)15-30-18-4-2-1-3-5-18/h1-9,16,25H,10-15H2. The third-order valence-corrected chi connectivity index (χ3v) is 6.57. The first-order valence-corrected chi connectivity index (χ1v) is 11.3. The molecule has 2 aromatic rings. The fourth-order valence-corrected chi connectivity index (χ4v) is 4.39. The molecular weight excluding hydrogens is 433 g/mol. The number of carbonyl (C=O) groups is 1. The lowest BCUT2D eigenvalue weighted by atomic mass is 9.97. The van der Waals surface area contributed by atoms with E-state index in [2.05, 4.69) is 4.72 Å². The number of halogens is 3. The monoisotopic (exact) mass is 456 g/mol. The second kappa shape index (κ2) is 9.69. The summed E-state index contributed by atoms with van der Waals surface area (Å²) in [6.45, 7) is 1.08. The lowest BCUT2D eigenvalue weighted by molar-refractivity contribution is -0.137. The number of hydrogen-bond donors (Lipinski definition) is 1. The SMILES string of the molecule is O=C(COc1ccccc1)N1CCC(CNS(=O)(=O)c2ccc(C(F)(F)F)cc2)CC1. The molecule has 10 heteroatoms. The number of rotatable bonds is 7. The molecule has 0 radical (unpaired) electrons. The first-order chi connectivity index (χ1) is 14.6. The first-order valence-electron chi connectivity index (χ1n) is 9.78. The summed E-state index contributed by atoms with van der Waals surface area (Å²) >= 11 is 0. The fraction of sp³-hybridized carbons (Fsp3) is 0.381. The van der Waals surface area contributed by atoms with Crippen LogP contribution in [0.25, 0.3) is 0 Å². The Labute approximate surface area is 179 Å². The maximum Gasteiger partial charge on any atom is 0.416 e. The van der Waals surface area contributed by atoms with E-state index in [1.54, 1.807) is 17.0 Å². The van der Waals surface area contributed by atoms with Gasteiger partial charge in [-0.15, -0.1) is 0 Å². The van der Waals surface area contributed by atoms with E-state index < -0.39 is 21.8 Å². The maximum absolute atomic E-state index is 12.6. The number of piperidine rings is 1. The van der Waals surface area contributed by atoms with Crippen molar-refractivity contribution >= 4 is 15.9 Å². The minimum atomic E-state index is -4.52. The molecule has 2 aromatic carbocycles.